The van der Waals surface area contributed by atoms with Crippen LogP contribution in [0.2, 0.25) is 0 Å². The van der Waals surface area contributed by atoms with Crippen molar-refractivity contribution in [2.45, 2.75) is 97.3 Å². The molecule has 6 heteroatoms. The third-order valence-electron chi connectivity index (χ3n) is 6.97. The first-order valence-electron chi connectivity index (χ1n) is 11.0. The van der Waals surface area contributed by atoms with E-state index in [-0.39, 0.29) is 24.7 Å². The first-order chi connectivity index (χ1) is 13.3. The molecule has 1 rings (SSSR count). The molecule has 1 aliphatic carbocycles. The number of Topliss-reactive ketones (excluding diaryl/α,β-unsaturated/α-hetero) is 1. The maximum Gasteiger partial charge on any atom is 0.310 e. The maximum absolute atomic E-state index is 13.1. The summed E-state index contributed by atoms with van der Waals surface area (Å²) in [7, 11) is 0. The van der Waals surface area contributed by atoms with Gasteiger partial charge in [0.25, 0.3) is 0 Å². The van der Waals surface area contributed by atoms with E-state index in [1.165, 1.54) is 0 Å². The molecule has 1 saturated carbocycles. The number of aliphatic carboxylic acids is 2. The van der Waals surface area contributed by atoms with Gasteiger partial charge in [-0.25, -0.2) is 0 Å². The van der Waals surface area contributed by atoms with Gasteiger partial charge < -0.3 is 15.9 Å². The molecule has 0 aromatic carbocycles. The summed E-state index contributed by atoms with van der Waals surface area (Å²) in [4.78, 5) is 36.1. The lowest BCUT2D eigenvalue weighted by atomic mass is 9.44. The Hall–Kier alpha value is -1.43. The molecule has 0 amide bonds. The van der Waals surface area contributed by atoms with Gasteiger partial charge >= 0.3 is 11.9 Å². The number of nitrogens with two attached hydrogens (primary N) is 1. The van der Waals surface area contributed by atoms with Crippen LogP contribution in [0, 0.1) is 16.7 Å². The molecule has 3 unspecified atom stereocenters. The first-order valence-corrected chi connectivity index (χ1v) is 11.0. The number of carboxylic acid groups (broad SMARTS) is 2. The average molecular weight is 398 g/mol. The van der Waals surface area contributed by atoms with Gasteiger partial charge in [0.05, 0.1) is 12.0 Å². The molecular formula is C22H39NO5. The van der Waals surface area contributed by atoms with Crippen LogP contribution in [-0.4, -0.2) is 34.5 Å². The smallest absolute Gasteiger partial charge is 0.310 e. The molecule has 0 aromatic heterocycles. The summed E-state index contributed by atoms with van der Waals surface area (Å²) in [6.07, 6.45) is 9.70. The van der Waals surface area contributed by atoms with Gasteiger partial charge in [-0.1, -0.05) is 58.8 Å². The molecule has 0 aromatic rings. The minimum Gasteiger partial charge on any atom is -0.481 e. The zero-order valence-electron chi connectivity index (χ0n) is 17.7. The molecule has 0 heterocycles. The van der Waals surface area contributed by atoms with Gasteiger partial charge in [-0.15, -0.1) is 0 Å². The number of carbonyl (C=O) groups is 3. The molecule has 1 aliphatic rings. The van der Waals surface area contributed by atoms with Gasteiger partial charge in [0.1, 0.15) is 0 Å². The third kappa shape index (κ3) is 5.34. The summed E-state index contributed by atoms with van der Waals surface area (Å²) in [5.41, 5.74) is 3.92. The standard InChI is InChI=1S/C22H39NO5/c1-3-4-9-13-21(18(24)16-23,22(20(27)28)15-12-17(22)2)14-10-7-5-6-8-11-19(25)26/h17H,3-16,23H2,1-2H3,(H,25,26)(H,27,28). The van der Waals surface area contributed by atoms with Crippen LogP contribution in [0.1, 0.15) is 97.3 Å². The highest BCUT2D eigenvalue weighted by molar-refractivity contribution is 5.94. The van der Waals surface area contributed by atoms with Crippen molar-refractivity contribution < 1.29 is 24.6 Å². The second-order valence-corrected chi connectivity index (χ2v) is 8.54. The first kappa shape index (κ1) is 24.6. The molecular weight excluding hydrogens is 358 g/mol. The number of rotatable bonds is 16. The maximum atomic E-state index is 13.1. The van der Waals surface area contributed by atoms with E-state index in [2.05, 4.69) is 6.92 Å². The molecule has 0 spiro atoms. The highest BCUT2D eigenvalue weighted by Gasteiger charge is 2.65. The topological polar surface area (TPSA) is 118 Å². The number of hydrogen-bond acceptors (Lipinski definition) is 4. The Morgan fingerprint density at radius 2 is 1.57 bits per heavy atom. The Balaban J connectivity index is 2.91. The molecule has 1 fully saturated rings. The summed E-state index contributed by atoms with van der Waals surface area (Å²) >= 11 is 0. The number of carboxylic acids is 2. The van der Waals surface area contributed by atoms with E-state index in [4.69, 9.17) is 10.8 Å². The minimum atomic E-state index is -0.986. The van der Waals surface area contributed by atoms with E-state index < -0.39 is 22.8 Å². The quantitative estimate of drug-likeness (QED) is 0.332. The summed E-state index contributed by atoms with van der Waals surface area (Å²) in [5.74, 6) is -1.72. The van der Waals surface area contributed by atoms with Crippen molar-refractivity contribution in [2.75, 3.05) is 6.54 Å². The van der Waals surface area contributed by atoms with Crippen LogP contribution in [0.25, 0.3) is 0 Å². The van der Waals surface area contributed by atoms with Crippen LogP contribution < -0.4 is 5.73 Å². The Labute approximate surface area is 169 Å². The Morgan fingerprint density at radius 1 is 1.00 bits per heavy atom. The summed E-state index contributed by atoms with van der Waals surface area (Å²) in [6.45, 7) is 3.96. The lowest BCUT2D eigenvalue weighted by Crippen LogP contribution is -2.61. The summed E-state index contributed by atoms with van der Waals surface area (Å²) in [6, 6.07) is 0. The molecule has 0 aliphatic heterocycles. The van der Waals surface area contributed by atoms with Crippen molar-refractivity contribution in [3.63, 3.8) is 0 Å². The Morgan fingerprint density at radius 3 is 2.00 bits per heavy atom. The van der Waals surface area contributed by atoms with Crippen LogP contribution >= 0.6 is 0 Å². The van der Waals surface area contributed by atoms with Gasteiger partial charge in [0.2, 0.25) is 0 Å². The fourth-order valence-electron chi connectivity index (χ4n) is 5.16. The molecule has 0 radical (unpaired) electrons. The van der Waals surface area contributed by atoms with Crippen molar-refractivity contribution in [3.8, 4) is 0 Å². The van der Waals surface area contributed by atoms with Crippen molar-refractivity contribution in [2.24, 2.45) is 22.5 Å². The van der Waals surface area contributed by atoms with Crippen LogP contribution in [0.3, 0.4) is 0 Å². The summed E-state index contributed by atoms with van der Waals surface area (Å²) in [5, 5.41) is 18.9. The number of hydrogen-bond donors (Lipinski definition) is 3. The second kappa shape index (κ2) is 11.5. The van der Waals surface area contributed by atoms with E-state index >= 15 is 0 Å². The molecule has 6 nitrogen and oxygen atoms in total. The van der Waals surface area contributed by atoms with Gasteiger partial charge in [0, 0.05) is 11.8 Å². The van der Waals surface area contributed by atoms with E-state index in [9.17, 15) is 19.5 Å². The predicted molar refractivity (Wildman–Crippen MR) is 109 cm³/mol. The van der Waals surface area contributed by atoms with Crippen molar-refractivity contribution >= 4 is 17.7 Å². The monoisotopic (exact) mass is 397 g/mol. The SMILES string of the molecule is CCCCCC(CCCCCCCC(=O)O)(C(=O)CN)C1(C(=O)O)CCC1C. The minimum absolute atomic E-state index is 0.0160. The van der Waals surface area contributed by atoms with E-state index in [1.54, 1.807) is 0 Å². The van der Waals surface area contributed by atoms with Crippen LogP contribution in [-0.2, 0) is 14.4 Å². The van der Waals surface area contributed by atoms with Crippen LogP contribution in [0.15, 0.2) is 0 Å². The van der Waals surface area contributed by atoms with Crippen molar-refractivity contribution in [1.82, 2.24) is 0 Å². The average Bonchev–Trinajstić information content (AvgIpc) is 2.64. The lowest BCUT2D eigenvalue weighted by molar-refractivity contribution is -0.187. The van der Waals surface area contributed by atoms with Gasteiger partial charge in [0.15, 0.2) is 5.78 Å². The zero-order valence-corrected chi connectivity index (χ0v) is 17.7. The normalized spacial score (nSPS) is 23.6. The zero-order chi connectivity index (χ0) is 21.2. The number of unbranched alkanes of at least 4 members (excludes halogenated alkanes) is 6. The molecule has 28 heavy (non-hydrogen) atoms. The molecule has 0 bridgehead atoms. The lowest BCUT2D eigenvalue weighted by Gasteiger charge is -2.56. The van der Waals surface area contributed by atoms with Gasteiger partial charge in [-0.05, 0) is 38.0 Å². The fraction of sp³-hybridized carbons (Fsp3) is 0.864. The molecule has 4 N–H and O–H groups in total. The van der Waals surface area contributed by atoms with E-state index in [1.807, 2.05) is 6.92 Å². The molecule has 3 atom stereocenters. The highest BCUT2D eigenvalue weighted by atomic mass is 16.4. The Kier molecular flexibility index (Phi) is 10.1. The Bertz CT molecular complexity index is 535. The fourth-order valence-corrected chi connectivity index (χ4v) is 5.16. The van der Waals surface area contributed by atoms with E-state index in [0.29, 0.717) is 25.7 Å². The van der Waals surface area contributed by atoms with Gasteiger partial charge in [-0.2, -0.15) is 0 Å². The van der Waals surface area contributed by atoms with Gasteiger partial charge in [-0.3, -0.25) is 14.4 Å². The predicted octanol–water partition coefficient (Wildman–Crippen LogP) is 4.40. The summed E-state index contributed by atoms with van der Waals surface area (Å²) < 4.78 is 0. The van der Waals surface area contributed by atoms with E-state index in [0.717, 1.165) is 51.4 Å². The largest absolute Gasteiger partial charge is 0.481 e. The number of carbonyl (C=O) groups excluding carboxylic acids is 1. The third-order valence-corrected chi connectivity index (χ3v) is 6.97. The molecule has 162 valence electrons. The highest BCUT2D eigenvalue weighted by Crippen LogP contribution is 2.62. The van der Waals surface area contributed by atoms with Crippen LogP contribution in [0.5, 0.6) is 0 Å². The van der Waals surface area contributed by atoms with Crippen molar-refractivity contribution in [3.05, 3.63) is 0 Å². The van der Waals surface area contributed by atoms with Crippen molar-refractivity contribution in [1.29, 1.82) is 0 Å². The second-order valence-electron chi connectivity index (χ2n) is 8.54. The molecule has 0 saturated heterocycles. The number of ketones is 1. The van der Waals surface area contributed by atoms with Crippen LogP contribution in [0.4, 0.5) is 0 Å².